The third-order valence-corrected chi connectivity index (χ3v) is 4.54. The van der Waals surface area contributed by atoms with Crippen LogP contribution in [0.3, 0.4) is 0 Å². The van der Waals surface area contributed by atoms with Gasteiger partial charge in [0.1, 0.15) is 11.4 Å². The van der Waals surface area contributed by atoms with Crippen LogP contribution >= 0.6 is 11.6 Å². The molecule has 1 aromatic carbocycles. The van der Waals surface area contributed by atoms with Gasteiger partial charge in [-0.15, -0.1) is 0 Å². The molecule has 0 radical (unpaired) electrons. The summed E-state index contributed by atoms with van der Waals surface area (Å²) in [4.78, 5) is 42.0. The van der Waals surface area contributed by atoms with E-state index in [9.17, 15) is 14.4 Å². The lowest BCUT2D eigenvalue weighted by Crippen LogP contribution is -2.36. The topological polar surface area (TPSA) is 99.6 Å². The van der Waals surface area contributed by atoms with Gasteiger partial charge in [0.25, 0.3) is 11.8 Å². The lowest BCUT2D eigenvalue weighted by molar-refractivity contribution is 0.0688. The molecule has 8 heteroatoms. The molecule has 2 aromatic rings. The summed E-state index contributed by atoms with van der Waals surface area (Å²) in [6.45, 7) is 1.36. The summed E-state index contributed by atoms with van der Waals surface area (Å²) in [7, 11) is 0. The first-order valence-electron chi connectivity index (χ1n) is 8.56. The van der Waals surface area contributed by atoms with Gasteiger partial charge in [-0.1, -0.05) is 17.7 Å². The number of hydrogen-bond donors (Lipinski definition) is 2. The van der Waals surface area contributed by atoms with Gasteiger partial charge in [0.05, 0.1) is 11.3 Å². The van der Waals surface area contributed by atoms with Crippen LogP contribution in [0.2, 0.25) is 5.02 Å². The molecule has 1 fully saturated rings. The molecule has 7 nitrogen and oxygen atoms in total. The maximum Gasteiger partial charge on any atom is 0.354 e. The van der Waals surface area contributed by atoms with Crippen molar-refractivity contribution in [3.8, 4) is 0 Å². The van der Waals surface area contributed by atoms with Crippen molar-refractivity contribution in [2.75, 3.05) is 18.4 Å². The van der Waals surface area contributed by atoms with Crippen LogP contribution in [0.1, 0.15) is 50.6 Å². The first-order valence-corrected chi connectivity index (χ1v) is 8.94. The summed E-state index contributed by atoms with van der Waals surface area (Å²) in [5.41, 5.74) is 0.305. The molecule has 0 saturated carbocycles. The quantitative estimate of drug-likeness (QED) is 0.838. The summed E-state index contributed by atoms with van der Waals surface area (Å²) in [5.74, 6) is -2.02. The lowest BCUT2D eigenvalue weighted by Gasteiger charge is -2.27. The van der Waals surface area contributed by atoms with Crippen LogP contribution in [-0.2, 0) is 0 Å². The standard InChI is InChI=1S/C19H18ClN3O4/c20-12-7-8-13(18(25)23-9-2-1-3-10-23)16(11-12)22-17(24)14-5-4-6-15(21-14)19(26)27/h4-8,11H,1-3,9-10H2,(H,22,24)(H,26,27). The molecule has 1 saturated heterocycles. The van der Waals surface area contributed by atoms with Crippen LogP contribution in [0.25, 0.3) is 0 Å². The number of carboxylic acid groups (broad SMARTS) is 1. The molecule has 0 unspecified atom stereocenters. The Balaban J connectivity index is 1.86. The zero-order valence-corrected chi connectivity index (χ0v) is 15.2. The van der Waals surface area contributed by atoms with Crippen LogP contribution in [-0.4, -0.2) is 45.9 Å². The smallest absolute Gasteiger partial charge is 0.354 e. The molecule has 0 bridgehead atoms. The van der Waals surface area contributed by atoms with Crippen molar-refractivity contribution >= 4 is 35.1 Å². The highest BCUT2D eigenvalue weighted by molar-refractivity contribution is 6.31. The van der Waals surface area contributed by atoms with E-state index < -0.39 is 11.9 Å². The highest BCUT2D eigenvalue weighted by atomic mass is 35.5. The monoisotopic (exact) mass is 387 g/mol. The van der Waals surface area contributed by atoms with Gasteiger partial charge in [-0.2, -0.15) is 0 Å². The van der Waals surface area contributed by atoms with Gasteiger partial charge in [0.15, 0.2) is 0 Å². The van der Waals surface area contributed by atoms with E-state index in [0.29, 0.717) is 23.7 Å². The van der Waals surface area contributed by atoms with E-state index >= 15 is 0 Å². The third-order valence-electron chi connectivity index (χ3n) is 4.30. The number of likely N-dealkylation sites (tertiary alicyclic amines) is 1. The minimum absolute atomic E-state index is 0.0637. The van der Waals surface area contributed by atoms with E-state index in [2.05, 4.69) is 10.3 Å². The molecule has 0 spiro atoms. The number of carboxylic acids is 1. The molecule has 140 valence electrons. The van der Waals surface area contributed by atoms with Crippen molar-refractivity contribution in [3.63, 3.8) is 0 Å². The van der Waals surface area contributed by atoms with Crippen molar-refractivity contribution in [2.24, 2.45) is 0 Å². The molecule has 3 rings (SSSR count). The van der Waals surface area contributed by atoms with E-state index in [4.69, 9.17) is 16.7 Å². The second-order valence-electron chi connectivity index (χ2n) is 6.21. The normalized spacial score (nSPS) is 13.9. The number of carbonyl (C=O) groups is 3. The second kappa shape index (κ2) is 8.18. The summed E-state index contributed by atoms with van der Waals surface area (Å²) >= 11 is 6.03. The average molecular weight is 388 g/mol. The van der Waals surface area contributed by atoms with Crippen LogP contribution in [0.5, 0.6) is 0 Å². The number of anilines is 1. The minimum Gasteiger partial charge on any atom is -0.477 e. The Labute approximate surface area is 161 Å². The van der Waals surface area contributed by atoms with Gasteiger partial charge in [-0.05, 0) is 49.6 Å². The maximum atomic E-state index is 12.8. The molecule has 2 N–H and O–H groups in total. The number of nitrogens with zero attached hydrogens (tertiary/aromatic N) is 2. The summed E-state index contributed by atoms with van der Waals surface area (Å²) in [5, 5.41) is 12.0. The van der Waals surface area contributed by atoms with Crippen LogP contribution in [0.4, 0.5) is 5.69 Å². The van der Waals surface area contributed by atoms with Crippen LogP contribution < -0.4 is 5.32 Å². The molecular weight excluding hydrogens is 370 g/mol. The fourth-order valence-corrected chi connectivity index (χ4v) is 3.11. The zero-order valence-electron chi connectivity index (χ0n) is 14.4. The number of benzene rings is 1. The largest absolute Gasteiger partial charge is 0.477 e. The predicted octanol–water partition coefficient (Wildman–Crippen LogP) is 3.31. The van der Waals surface area contributed by atoms with E-state index in [1.807, 2.05) is 0 Å². The lowest BCUT2D eigenvalue weighted by atomic mass is 10.1. The van der Waals surface area contributed by atoms with Gasteiger partial charge < -0.3 is 15.3 Å². The molecule has 2 amide bonds. The number of hydrogen-bond acceptors (Lipinski definition) is 4. The van der Waals surface area contributed by atoms with Gasteiger partial charge >= 0.3 is 5.97 Å². The fourth-order valence-electron chi connectivity index (χ4n) is 2.94. The first-order chi connectivity index (χ1) is 13.0. The molecular formula is C19H18ClN3O4. The number of amides is 2. The van der Waals surface area contributed by atoms with Crippen molar-refractivity contribution in [2.45, 2.75) is 19.3 Å². The fraction of sp³-hybridized carbons (Fsp3) is 0.263. The number of halogens is 1. The highest BCUT2D eigenvalue weighted by Gasteiger charge is 2.22. The number of aromatic carboxylic acids is 1. The van der Waals surface area contributed by atoms with Crippen molar-refractivity contribution in [3.05, 3.63) is 58.4 Å². The van der Waals surface area contributed by atoms with Crippen molar-refractivity contribution in [1.29, 1.82) is 0 Å². The summed E-state index contributed by atoms with van der Waals surface area (Å²) < 4.78 is 0. The second-order valence-corrected chi connectivity index (χ2v) is 6.65. The number of carbonyl (C=O) groups excluding carboxylic acids is 2. The Kier molecular flexibility index (Phi) is 5.71. The van der Waals surface area contributed by atoms with Gasteiger partial charge in [0.2, 0.25) is 0 Å². The van der Waals surface area contributed by atoms with Crippen molar-refractivity contribution < 1.29 is 19.5 Å². The minimum atomic E-state index is -1.23. The molecule has 27 heavy (non-hydrogen) atoms. The third kappa shape index (κ3) is 4.43. The SMILES string of the molecule is O=C(O)c1cccc(C(=O)Nc2cc(Cl)ccc2C(=O)N2CCCCC2)n1. The first kappa shape index (κ1) is 18.8. The highest BCUT2D eigenvalue weighted by Crippen LogP contribution is 2.24. The number of piperidine rings is 1. The van der Waals surface area contributed by atoms with Gasteiger partial charge in [-0.3, -0.25) is 9.59 Å². The molecule has 0 atom stereocenters. The Morgan fingerprint density at radius 3 is 2.44 bits per heavy atom. The van der Waals surface area contributed by atoms with Gasteiger partial charge in [-0.25, -0.2) is 9.78 Å². The number of rotatable bonds is 4. The Morgan fingerprint density at radius 1 is 1.04 bits per heavy atom. The number of nitrogens with one attached hydrogen (secondary N) is 1. The Morgan fingerprint density at radius 2 is 1.74 bits per heavy atom. The summed E-state index contributed by atoms with van der Waals surface area (Å²) in [6, 6.07) is 8.80. The molecule has 1 aliphatic heterocycles. The average Bonchev–Trinajstić information content (AvgIpc) is 2.68. The van der Waals surface area contributed by atoms with Gasteiger partial charge in [0, 0.05) is 18.1 Å². The Bertz CT molecular complexity index is 894. The van der Waals surface area contributed by atoms with E-state index in [0.717, 1.165) is 19.3 Å². The van der Waals surface area contributed by atoms with E-state index in [1.165, 1.54) is 24.3 Å². The van der Waals surface area contributed by atoms with Crippen LogP contribution in [0.15, 0.2) is 36.4 Å². The number of pyridine rings is 1. The van der Waals surface area contributed by atoms with Crippen molar-refractivity contribution in [1.82, 2.24) is 9.88 Å². The molecule has 1 aromatic heterocycles. The van der Waals surface area contributed by atoms with E-state index in [-0.39, 0.29) is 23.0 Å². The predicted molar refractivity (Wildman–Crippen MR) is 100 cm³/mol. The van der Waals surface area contributed by atoms with Crippen LogP contribution in [0, 0.1) is 0 Å². The summed E-state index contributed by atoms with van der Waals surface area (Å²) in [6.07, 6.45) is 3.00. The number of aromatic nitrogens is 1. The molecule has 1 aliphatic rings. The zero-order chi connectivity index (χ0) is 19.4. The maximum absolute atomic E-state index is 12.8. The Hall–Kier alpha value is -2.93. The van der Waals surface area contributed by atoms with E-state index in [1.54, 1.807) is 17.0 Å². The molecule has 2 heterocycles. The molecule has 0 aliphatic carbocycles.